The van der Waals surface area contributed by atoms with Gasteiger partial charge in [0, 0.05) is 18.3 Å². The van der Waals surface area contributed by atoms with Gasteiger partial charge >= 0.3 is 5.97 Å². The van der Waals surface area contributed by atoms with E-state index in [0.29, 0.717) is 18.5 Å². The van der Waals surface area contributed by atoms with Crippen molar-refractivity contribution in [1.29, 1.82) is 0 Å². The molecular formula is C26H28FN3O4S. The van der Waals surface area contributed by atoms with Gasteiger partial charge in [-0.25, -0.2) is 9.38 Å². The van der Waals surface area contributed by atoms with Crippen LogP contribution >= 0.6 is 11.8 Å². The van der Waals surface area contributed by atoms with Gasteiger partial charge in [-0.3, -0.25) is 14.4 Å². The van der Waals surface area contributed by atoms with Crippen molar-refractivity contribution in [2.45, 2.75) is 18.7 Å². The molecule has 2 unspecified atom stereocenters. The zero-order valence-corrected chi connectivity index (χ0v) is 20.2. The molecule has 1 heterocycles. The smallest absolute Gasteiger partial charge is 0.310 e. The monoisotopic (exact) mass is 497 g/mol. The number of rotatable bonds is 12. The summed E-state index contributed by atoms with van der Waals surface area (Å²) in [7, 11) is 0. The Morgan fingerprint density at radius 3 is 2.74 bits per heavy atom. The van der Waals surface area contributed by atoms with E-state index in [4.69, 9.17) is 5.11 Å². The molecule has 1 aromatic rings. The first kappa shape index (κ1) is 27.5. The van der Waals surface area contributed by atoms with E-state index in [1.807, 2.05) is 12.1 Å². The van der Waals surface area contributed by atoms with E-state index in [-0.39, 0.29) is 28.8 Å². The third-order valence-corrected chi connectivity index (χ3v) is 6.15. The fourth-order valence-electron chi connectivity index (χ4n) is 3.18. The number of aliphatic imine (C=N–C) groups is 1. The number of benzene rings is 1. The van der Waals surface area contributed by atoms with Crippen molar-refractivity contribution in [1.82, 2.24) is 10.2 Å². The number of hydrogen-bond acceptors (Lipinski definition) is 5. The number of thioether (sulfide) groups is 1. The van der Waals surface area contributed by atoms with Gasteiger partial charge in [-0.05, 0) is 43.2 Å². The first-order valence-electron chi connectivity index (χ1n) is 10.8. The molecule has 2 amide bonds. The minimum atomic E-state index is -1.000. The Labute approximate surface area is 208 Å². The van der Waals surface area contributed by atoms with Gasteiger partial charge in [0.2, 0.25) is 5.91 Å². The number of nitrogens with one attached hydrogen (secondary N) is 1. The molecular weight excluding hydrogens is 469 g/mol. The second kappa shape index (κ2) is 13.9. The second-order valence-corrected chi connectivity index (χ2v) is 8.53. The molecule has 1 aromatic carbocycles. The van der Waals surface area contributed by atoms with Crippen LogP contribution in [0.15, 0.2) is 90.9 Å². The number of fused-ring (bicyclic) bond motifs is 1. The Hall–Kier alpha value is -3.72. The summed E-state index contributed by atoms with van der Waals surface area (Å²) in [5.41, 5.74) is 1.39. The Balaban J connectivity index is 2.07. The van der Waals surface area contributed by atoms with Crippen LogP contribution < -0.4 is 5.32 Å². The molecule has 2 rings (SSSR count). The summed E-state index contributed by atoms with van der Waals surface area (Å²) in [6.07, 6.45) is 10.1. The predicted octanol–water partition coefficient (Wildman–Crippen LogP) is 4.80. The van der Waals surface area contributed by atoms with Crippen LogP contribution in [0.2, 0.25) is 0 Å². The minimum absolute atomic E-state index is 0.0216. The van der Waals surface area contributed by atoms with Crippen LogP contribution in [0.1, 0.15) is 34.6 Å². The fourth-order valence-corrected chi connectivity index (χ4v) is 4.33. The van der Waals surface area contributed by atoms with Gasteiger partial charge in [0.05, 0.1) is 11.7 Å². The minimum Gasteiger partial charge on any atom is -0.481 e. The van der Waals surface area contributed by atoms with E-state index in [9.17, 15) is 18.8 Å². The molecule has 7 nitrogen and oxygen atoms in total. The highest BCUT2D eigenvalue weighted by atomic mass is 32.2. The number of carbonyl (C=O) groups is 3. The molecule has 0 radical (unpaired) electrons. The fraction of sp³-hybridized carbons (Fsp3) is 0.231. The predicted molar refractivity (Wildman–Crippen MR) is 138 cm³/mol. The van der Waals surface area contributed by atoms with Crippen LogP contribution in [0.4, 0.5) is 4.39 Å². The summed E-state index contributed by atoms with van der Waals surface area (Å²) >= 11 is 1.28. The number of aliphatic carboxylic acids is 1. The van der Waals surface area contributed by atoms with E-state index in [1.54, 1.807) is 23.1 Å². The number of carbonyl (C=O) groups excluding carboxylic acids is 2. The number of nitrogens with zero attached hydrogens (tertiary/aromatic N) is 2. The van der Waals surface area contributed by atoms with E-state index >= 15 is 0 Å². The zero-order chi connectivity index (χ0) is 25.8. The number of carboxylic acid groups (broad SMARTS) is 1. The summed E-state index contributed by atoms with van der Waals surface area (Å²) in [5.74, 6) is -2.50. The highest BCUT2D eigenvalue weighted by Gasteiger charge is 2.36. The van der Waals surface area contributed by atoms with Gasteiger partial charge in [-0.15, -0.1) is 11.8 Å². The maximum Gasteiger partial charge on any atom is 0.310 e. The molecule has 0 saturated heterocycles. The lowest BCUT2D eigenvalue weighted by atomic mass is 10.1. The average Bonchev–Trinajstić information content (AvgIpc) is 3.10. The largest absolute Gasteiger partial charge is 0.481 e. The SMILES string of the molecule is C=C/C=C(F)\C=C/CCN1C(=O)c2ccccc2C1SCC(=O)NC(/C=C\C(C)C(=O)O)=NC=C. The summed E-state index contributed by atoms with van der Waals surface area (Å²) in [4.78, 5) is 42.2. The number of halogens is 1. The molecule has 2 N–H and O–H groups in total. The number of allylic oxidation sites excluding steroid dienone is 4. The molecule has 184 valence electrons. The van der Waals surface area contributed by atoms with Gasteiger partial charge in [-0.1, -0.05) is 49.6 Å². The van der Waals surface area contributed by atoms with Gasteiger partial charge in [0.1, 0.15) is 17.0 Å². The maximum absolute atomic E-state index is 13.5. The van der Waals surface area contributed by atoms with Crippen molar-refractivity contribution >= 4 is 35.4 Å². The zero-order valence-electron chi connectivity index (χ0n) is 19.4. The third-order valence-electron chi connectivity index (χ3n) is 4.89. The number of amides is 2. The van der Waals surface area contributed by atoms with E-state index in [0.717, 1.165) is 5.56 Å². The normalized spacial score (nSPS) is 17.0. The summed E-state index contributed by atoms with van der Waals surface area (Å²) < 4.78 is 13.5. The quantitative estimate of drug-likeness (QED) is 0.246. The van der Waals surface area contributed by atoms with Crippen LogP contribution in [0.5, 0.6) is 0 Å². The summed E-state index contributed by atoms with van der Waals surface area (Å²) in [5, 5.41) is 11.3. The average molecular weight is 498 g/mol. The standard InChI is InChI=1S/C26H28FN3O4S/c1-4-10-19(27)11-8-9-16-30-24(32)20-12-6-7-13-21(20)25(30)35-17-23(31)29-22(28-5-2)15-14-18(3)26(33)34/h4-8,10-15,18,25H,1-2,9,16-17H2,3H3,(H,33,34)(H,28,29,31)/b11-8-,15-14-,19-10+. The molecule has 0 aliphatic carbocycles. The topological polar surface area (TPSA) is 99.1 Å². The highest BCUT2D eigenvalue weighted by molar-refractivity contribution is 8.00. The molecule has 2 atom stereocenters. The van der Waals surface area contributed by atoms with Crippen LogP contribution in [-0.4, -0.2) is 45.9 Å². The second-order valence-electron chi connectivity index (χ2n) is 7.46. The molecule has 0 aromatic heterocycles. The van der Waals surface area contributed by atoms with Gasteiger partial charge in [0.15, 0.2) is 0 Å². The van der Waals surface area contributed by atoms with Crippen molar-refractivity contribution in [3.8, 4) is 0 Å². The molecule has 0 fully saturated rings. The van der Waals surface area contributed by atoms with Crippen molar-refractivity contribution < 1.29 is 23.9 Å². The number of amidine groups is 1. The molecule has 1 aliphatic rings. The van der Waals surface area contributed by atoms with Crippen LogP contribution in [0.3, 0.4) is 0 Å². The Morgan fingerprint density at radius 1 is 1.31 bits per heavy atom. The molecule has 9 heteroatoms. The molecule has 0 spiro atoms. The highest BCUT2D eigenvalue weighted by Crippen LogP contribution is 2.41. The van der Waals surface area contributed by atoms with Crippen LogP contribution in [0.25, 0.3) is 0 Å². The number of hydrogen-bond donors (Lipinski definition) is 2. The van der Waals surface area contributed by atoms with Crippen molar-refractivity contribution in [2.75, 3.05) is 12.3 Å². The van der Waals surface area contributed by atoms with E-state index in [1.165, 1.54) is 55.3 Å². The summed E-state index contributed by atoms with van der Waals surface area (Å²) in [6, 6.07) is 7.22. The Kier molecular flexibility index (Phi) is 10.9. The van der Waals surface area contributed by atoms with Gasteiger partial charge < -0.3 is 15.3 Å². The van der Waals surface area contributed by atoms with Crippen molar-refractivity contribution in [2.24, 2.45) is 10.9 Å². The van der Waals surface area contributed by atoms with Gasteiger partial charge in [-0.2, -0.15) is 0 Å². The van der Waals surface area contributed by atoms with Crippen molar-refractivity contribution in [3.05, 3.63) is 97.0 Å². The first-order valence-corrected chi connectivity index (χ1v) is 11.9. The van der Waals surface area contributed by atoms with Crippen LogP contribution in [-0.2, 0) is 9.59 Å². The Bertz CT molecular complexity index is 1090. The molecule has 35 heavy (non-hydrogen) atoms. The lowest BCUT2D eigenvalue weighted by Crippen LogP contribution is -2.32. The summed E-state index contributed by atoms with van der Waals surface area (Å²) in [6.45, 7) is 8.80. The van der Waals surface area contributed by atoms with Gasteiger partial charge in [0.25, 0.3) is 5.91 Å². The van der Waals surface area contributed by atoms with E-state index in [2.05, 4.69) is 23.5 Å². The lowest BCUT2D eigenvalue weighted by Gasteiger charge is -2.24. The maximum atomic E-state index is 13.5. The number of carboxylic acids is 1. The first-order chi connectivity index (χ1) is 16.8. The van der Waals surface area contributed by atoms with Crippen LogP contribution in [0, 0.1) is 5.92 Å². The lowest BCUT2D eigenvalue weighted by molar-refractivity contribution is -0.139. The third kappa shape index (κ3) is 8.22. The van der Waals surface area contributed by atoms with Crippen molar-refractivity contribution in [3.63, 3.8) is 0 Å². The molecule has 0 saturated carbocycles. The molecule has 0 bridgehead atoms. The van der Waals surface area contributed by atoms with E-state index < -0.39 is 17.7 Å². The molecule has 1 aliphatic heterocycles. The Morgan fingerprint density at radius 2 is 2.06 bits per heavy atom.